The summed E-state index contributed by atoms with van der Waals surface area (Å²) >= 11 is 0. The van der Waals surface area contributed by atoms with Gasteiger partial charge in [0.05, 0.1) is 16.9 Å². The van der Waals surface area contributed by atoms with Crippen LogP contribution in [0.1, 0.15) is 33.4 Å². The van der Waals surface area contributed by atoms with Crippen molar-refractivity contribution < 1.29 is 0 Å². The Morgan fingerprint density at radius 2 is 2.00 bits per heavy atom. The lowest BCUT2D eigenvalue weighted by atomic mass is 10.1. The van der Waals surface area contributed by atoms with Gasteiger partial charge in [-0.3, -0.25) is 9.98 Å². The molecule has 0 saturated carbocycles. The summed E-state index contributed by atoms with van der Waals surface area (Å²) in [6.07, 6.45) is 1.79. The molecular formula is C11H16N2. The maximum Gasteiger partial charge on any atom is 0.0837 e. The molecule has 0 amide bonds. The van der Waals surface area contributed by atoms with E-state index in [0.29, 0.717) is 0 Å². The van der Waals surface area contributed by atoms with Gasteiger partial charge in [-0.2, -0.15) is 0 Å². The second kappa shape index (κ2) is 3.69. The standard InChI is InChI=1S/C11H16N2/c1-9(13-11(2,3)4)10-7-5-6-8-12-10/h5-8H,1-4H3/b13-9+. The molecule has 0 bridgehead atoms. The summed E-state index contributed by atoms with van der Waals surface area (Å²) in [5.74, 6) is 0. The molecule has 70 valence electrons. The summed E-state index contributed by atoms with van der Waals surface area (Å²) in [6, 6.07) is 5.86. The van der Waals surface area contributed by atoms with Crippen LogP contribution in [-0.2, 0) is 0 Å². The molecule has 0 fully saturated rings. The molecule has 1 rings (SSSR count). The lowest BCUT2D eigenvalue weighted by Gasteiger charge is -2.13. The van der Waals surface area contributed by atoms with E-state index in [2.05, 4.69) is 30.7 Å². The van der Waals surface area contributed by atoms with E-state index in [-0.39, 0.29) is 5.54 Å². The highest BCUT2D eigenvalue weighted by Gasteiger charge is 2.08. The first-order valence-electron chi connectivity index (χ1n) is 4.47. The van der Waals surface area contributed by atoms with Gasteiger partial charge in [-0.15, -0.1) is 0 Å². The fourth-order valence-electron chi connectivity index (χ4n) is 1.14. The molecule has 0 saturated heterocycles. The third-order valence-electron chi connectivity index (χ3n) is 1.54. The van der Waals surface area contributed by atoms with Gasteiger partial charge in [0.15, 0.2) is 0 Å². The summed E-state index contributed by atoms with van der Waals surface area (Å²) in [7, 11) is 0. The normalized spacial score (nSPS) is 13.1. The molecule has 2 heteroatoms. The van der Waals surface area contributed by atoms with Crippen LogP contribution in [0.25, 0.3) is 0 Å². The van der Waals surface area contributed by atoms with Crippen molar-refractivity contribution in [3.8, 4) is 0 Å². The van der Waals surface area contributed by atoms with Gasteiger partial charge in [0.2, 0.25) is 0 Å². The van der Waals surface area contributed by atoms with Gasteiger partial charge in [-0.1, -0.05) is 6.07 Å². The Morgan fingerprint density at radius 1 is 1.31 bits per heavy atom. The monoisotopic (exact) mass is 176 g/mol. The Balaban J connectivity index is 2.92. The largest absolute Gasteiger partial charge is 0.282 e. The minimum Gasteiger partial charge on any atom is -0.282 e. The van der Waals surface area contributed by atoms with Crippen molar-refractivity contribution in [1.82, 2.24) is 4.98 Å². The van der Waals surface area contributed by atoms with Crippen LogP contribution in [0.5, 0.6) is 0 Å². The van der Waals surface area contributed by atoms with Crippen LogP contribution in [0.3, 0.4) is 0 Å². The summed E-state index contributed by atoms with van der Waals surface area (Å²) in [5.41, 5.74) is 1.92. The molecule has 0 aliphatic carbocycles. The zero-order valence-corrected chi connectivity index (χ0v) is 8.70. The molecule has 0 aliphatic rings. The van der Waals surface area contributed by atoms with Gasteiger partial charge in [-0.05, 0) is 39.8 Å². The molecular weight excluding hydrogens is 160 g/mol. The minimum absolute atomic E-state index is 0.0262. The second-order valence-corrected chi connectivity index (χ2v) is 4.08. The van der Waals surface area contributed by atoms with Crippen molar-refractivity contribution in [3.05, 3.63) is 30.1 Å². The number of pyridine rings is 1. The number of aromatic nitrogens is 1. The molecule has 1 heterocycles. The molecule has 0 aliphatic heterocycles. The lowest BCUT2D eigenvalue weighted by Crippen LogP contribution is -2.13. The van der Waals surface area contributed by atoms with Crippen LogP contribution in [0.15, 0.2) is 29.4 Å². The van der Waals surface area contributed by atoms with Crippen molar-refractivity contribution in [2.75, 3.05) is 0 Å². The molecule has 2 nitrogen and oxygen atoms in total. The van der Waals surface area contributed by atoms with Gasteiger partial charge < -0.3 is 0 Å². The van der Waals surface area contributed by atoms with Gasteiger partial charge in [-0.25, -0.2) is 0 Å². The molecule has 0 aromatic carbocycles. The summed E-state index contributed by atoms with van der Waals surface area (Å²) in [5, 5.41) is 0. The molecule has 0 unspecified atom stereocenters. The zero-order chi connectivity index (χ0) is 9.90. The van der Waals surface area contributed by atoms with Crippen LogP contribution in [-0.4, -0.2) is 16.2 Å². The van der Waals surface area contributed by atoms with Crippen LogP contribution in [0, 0.1) is 0 Å². The van der Waals surface area contributed by atoms with Gasteiger partial charge >= 0.3 is 0 Å². The average molecular weight is 176 g/mol. The quantitative estimate of drug-likeness (QED) is 0.604. The number of nitrogens with zero attached hydrogens (tertiary/aromatic N) is 2. The second-order valence-electron chi connectivity index (χ2n) is 4.08. The van der Waals surface area contributed by atoms with E-state index >= 15 is 0 Å². The Bertz CT molecular complexity index is 294. The molecule has 13 heavy (non-hydrogen) atoms. The first-order valence-corrected chi connectivity index (χ1v) is 4.47. The molecule has 1 aromatic rings. The minimum atomic E-state index is -0.0262. The van der Waals surface area contributed by atoms with Crippen molar-refractivity contribution in [2.24, 2.45) is 4.99 Å². The smallest absolute Gasteiger partial charge is 0.0837 e. The fraction of sp³-hybridized carbons (Fsp3) is 0.455. The Morgan fingerprint density at radius 3 is 2.46 bits per heavy atom. The molecule has 1 aromatic heterocycles. The predicted octanol–water partition coefficient (Wildman–Crippen LogP) is 2.69. The van der Waals surface area contributed by atoms with E-state index < -0.39 is 0 Å². The van der Waals surface area contributed by atoms with Crippen molar-refractivity contribution >= 4 is 5.71 Å². The summed E-state index contributed by atoms with van der Waals surface area (Å²) in [6.45, 7) is 8.24. The van der Waals surface area contributed by atoms with E-state index in [9.17, 15) is 0 Å². The molecule has 0 N–H and O–H groups in total. The van der Waals surface area contributed by atoms with E-state index in [0.717, 1.165) is 11.4 Å². The summed E-state index contributed by atoms with van der Waals surface area (Å²) < 4.78 is 0. The Kier molecular flexibility index (Phi) is 2.81. The number of hydrogen-bond donors (Lipinski definition) is 0. The van der Waals surface area contributed by atoms with Crippen LogP contribution in [0.2, 0.25) is 0 Å². The maximum absolute atomic E-state index is 4.53. The van der Waals surface area contributed by atoms with E-state index in [1.54, 1.807) is 6.20 Å². The molecule has 0 radical (unpaired) electrons. The van der Waals surface area contributed by atoms with Crippen LogP contribution < -0.4 is 0 Å². The fourth-order valence-corrected chi connectivity index (χ4v) is 1.14. The topological polar surface area (TPSA) is 25.2 Å². The molecule has 0 spiro atoms. The Labute approximate surface area is 79.7 Å². The Hall–Kier alpha value is -1.18. The van der Waals surface area contributed by atoms with E-state index in [4.69, 9.17) is 0 Å². The first kappa shape index (κ1) is 9.90. The van der Waals surface area contributed by atoms with Crippen molar-refractivity contribution in [1.29, 1.82) is 0 Å². The average Bonchev–Trinajstić information content (AvgIpc) is 2.03. The third-order valence-corrected chi connectivity index (χ3v) is 1.54. The van der Waals surface area contributed by atoms with Crippen LogP contribution in [0.4, 0.5) is 0 Å². The number of rotatable bonds is 1. The number of hydrogen-bond acceptors (Lipinski definition) is 2. The van der Waals surface area contributed by atoms with Crippen molar-refractivity contribution in [3.63, 3.8) is 0 Å². The number of aliphatic imine (C=N–C) groups is 1. The highest BCUT2D eigenvalue weighted by Crippen LogP contribution is 2.09. The van der Waals surface area contributed by atoms with E-state index in [1.807, 2.05) is 25.1 Å². The van der Waals surface area contributed by atoms with Gasteiger partial charge in [0.1, 0.15) is 0 Å². The first-order chi connectivity index (χ1) is 5.99. The maximum atomic E-state index is 4.53. The van der Waals surface area contributed by atoms with Gasteiger partial charge in [0.25, 0.3) is 0 Å². The highest BCUT2D eigenvalue weighted by molar-refractivity contribution is 5.97. The zero-order valence-electron chi connectivity index (χ0n) is 8.70. The SMILES string of the molecule is C/C(=N\C(C)(C)C)c1ccccn1. The highest BCUT2D eigenvalue weighted by atomic mass is 14.9. The summed E-state index contributed by atoms with van der Waals surface area (Å²) in [4.78, 5) is 8.77. The predicted molar refractivity (Wildman–Crippen MR) is 56.2 cm³/mol. The lowest BCUT2D eigenvalue weighted by molar-refractivity contribution is 0.583. The van der Waals surface area contributed by atoms with Crippen molar-refractivity contribution in [2.45, 2.75) is 33.2 Å². The molecule has 0 atom stereocenters. The third kappa shape index (κ3) is 3.36. The van der Waals surface area contributed by atoms with Crippen LogP contribution >= 0.6 is 0 Å². The van der Waals surface area contributed by atoms with E-state index in [1.165, 1.54) is 0 Å². The van der Waals surface area contributed by atoms with Gasteiger partial charge in [0, 0.05) is 6.20 Å².